The molecule has 1 aliphatic rings. The average molecular weight is 391 g/mol. The number of carbonyl (C=O) groups excluding carboxylic acids is 3. The standard InChI is InChI=1S/C19H22N2O3S2/c1-11(2)7-13(18(23)21-14-9-25-10-15(14)22)20-19(24)17-8-12-5-3-4-6-16(12)26-17/h3-6,8,11,13-14H,7,9-10H2,1-2H3,(H,20,24)(H,21,23)/t13-,14?/m0/s1. The van der Waals surface area contributed by atoms with Gasteiger partial charge in [0, 0.05) is 10.5 Å². The minimum absolute atomic E-state index is 0.0440. The number of carbonyl (C=O) groups is 3. The van der Waals surface area contributed by atoms with Crippen LogP contribution in [0.4, 0.5) is 0 Å². The van der Waals surface area contributed by atoms with Crippen molar-refractivity contribution in [3.05, 3.63) is 35.2 Å². The van der Waals surface area contributed by atoms with Crippen LogP contribution < -0.4 is 10.6 Å². The molecule has 138 valence electrons. The number of benzene rings is 1. The molecule has 5 nitrogen and oxygen atoms in total. The van der Waals surface area contributed by atoms with E-state index in [0.717, 1.165) is 10.1 Å². The minimum atomic E-state index is -0.647. The van der Waals surface area contributed by atoms with Crippen molar-refractivity contribution in [1.29, 1.82) is 0 Å². The summed E-state index contributed by atoms with van der Waals surface area (Å²) >= 11 is 2.93. The molecule has 1 saturated heterocycles. The Morgan fingerprint density at radius 2 is 2.04 bits per heavy atom. The zero-order valence-corrected chi connectivity index (χ0v) is 16.4. The highest BCUT2D eigenvalue weighted by atomic mass is 32.2. The lowest BCUT2D eigenvalue weighted by Crippen LogP contribution is -2.51. The number of hydrogen-bond acceptors (Lipinski definition) is 5. The van der Waals surface area contributed by atoms with Crippen LogP contribution in [0.15, 0.2) is 30.3 Å². The number of hydrogen-bond donors (Lipinski definition) is 2. The molecule has 1 aromatic carbocycles. The monoisotopic (exact) mass is 390 g/mol. The number of amides is 2. The summed E-state index contributed by atoms with van der Waals surface area (Å²) < 4.78 is 1.04. The van der Waals surface area contributed by atoms with E-state index in [4.69, 9.17) is 0 Å². The maximum absolute atomic E-state index is 12.7. The molecule has 2 N–H and O–H groups in total. The maximum Gasteiger partial charge on any atom is 0.262 e. The SMILES string of the molecule is CC(C)C[C@H](NC(=O)c1cc2ccccc2s1)C(=O)NC1CSCC1=O. The molecule has 0 bridgehead atoms. The molecule has 7 heteroatoms. The van der Waals surface area contributed by atoms with E-state index in [-0.39, 0.29) is 23.5 Å². The quantitative estimate of drug-likeness (QED) is 0.795. The van der Waals surface area contributed by atoms with Gasteiger partial charge in [0.05, 0.1) is 16.7 Å². The number of thioether (sulfide) groups is 1. The lowest BCUT2D eigenvalue weighted by Gasteiger charge is -2.21. The van der Waals surface area contributed by atoms with Crippen LogP contribution in [0.5, 0.6) is 0 Å². The van der Waals surface area contributed by atoms with Crippen LogP contribution in [-0.2, 0) is 9.59 Å². The molecule has 0 spiro atoms. The van der Waals surface area contributed by atoms with Gasteiger partial charge in [-0.25, -0.2) is 0 Å². The molecule has 1 aromatic heterocycles. The van der Waals surface area contributed by atoms with E-state index < -0.39 is 12.1 Å². The third kappa shape index (κ3) is 4.45. The molecule has 0 aliphatic carbocycles. The lowest BCUT2D eigenvalue weighted by atomic mass is 10.0. The normalized spacial score (nSPS) is 18.3. The highest BCUT2D eigenvalue weighted by Crippen LogP contribution is 2.25. The zero-order valence-electron chi connectivity index (χ0n) is 14.8. The van der Waals surface area contributed by atoms with Gasteiger partial charge in [-0.3, -0.25) is 14.4 Å². The molecule has 1 unspecified atom stereocenters. The number of Topliss-reactive ketones (excluding diaryl/α,β-unsaturated/α-hetero) is 1. The summed E-state index contributed by atoms with van der Waals surface area (Å²) in [5.41, 5.74) is 0. The minimum Gasteiger partial charge on any atom is -0.344 e. The molecule has 1 aliphatic heterocycles. The molecule has 2 atom stereocenters. The Bertz CT molecular complexity index is 798. The van der Waals surface area contributed by atoms with Gasteiger partial charge in [0.1, 0.15) is 6.04 Å². The molecule has 0 saturated carbocycles. The van der Waals surface area contributed by atoms with E-state index in [1.54, 1.807) is 0 Å². The first-order chi connectivity index (χ1) is 12.4. The zero-order chi connectivity index (χ0) is 18.7. The topological polar surface area (TPSA) is 75.3 Å². The van der Waals surface area contributed by atoms with Gasteiger partial charge in [0.2, 0.25) is 5.91 Å². The van der Waals surface area contributed by atoms with Gasteiger partial charge in [-0.1, -0.05) is 32.0 Å². The molecule has 26 heavy (non-hydrogen) atoms. The van der Waals surface area contributed by atoms with Gasteiger partial charge in [0.25, 0.3) is 5.91 Å². The molecule has 3 rings (SSSR count). The number of rotatable bonds is 6. The predicted molar refractivity (Wildman–Crippen MR) is 107 cm³/mol. The Morgan fingerprint density at radius 1 is 1.27 bits per heavy atom. The summed E-state index contributed by atoms with van der Waals surface area (Å²) in [6.45, 7) is 4.00. The molecule has 2 heterocycles. The number of nitrogens with one attached hydrogen (secondary N) is 2. The van der Waals surface area contributed by atoms with E-state index in [9.17, 15) is 14.4 Å². The molecular weight excluding hydrogens is 368 g/mol. The van der Waals surface area contributed by atoms with Gasteiger partial charge in [-0.05, 0) is 29.9 Å². The van der Waals surface area contributed by atoms with E-state index >= 15 is 0 Å². The van der Waals surface area contributed by atoms with Crippen LogP contribution in [0.2, 0.25) is 0 Å². The maximum atomic E-state index is 12.7. The number of thiophene rings is 1. The number of ketones is 1. The smallest absolute Gasteiger partial charge is 0.262 e. The van der Waals surface area contributed by atoms with Crippen molar-refractivity contribution >= 4 is 50.8 Å². The van der Waals surface area contributed by atoms with Crippen molar-refractivity contribution in [2.45, 2.75) is 32.4 Å². The average Bonchev–Trinajstić information content (AvgIpc) is 3.20. The van der Waals surface area contributed by atoms with Gasteiger partial charge in [-0.2, -0.15) is 11.8 Å². The fourth-order valence-corrected chi connectivity index (χ4v) is 4.88. The van der Waals surface area contributed by atoms with Gasteiger partial charge >= 0.3 is 0 Å². The van der Waals surface area contributed by atoms with Crippen molar-refractivity contribution in [2.75, 3.05) is 11.5 Å². The molecular formula is C19H22N2O3S2. The van der Waals surface area contributed by atoms with Crippen molar-refractivity contribution in [3.8, 4) is 0 Å². The third-order valence-electron chi connectivity index (χ3n) is 4.21. The van der Waals surface area contributed by atoms with Gasteiger partial charge in [-0.15, -0.1) is 11.3 Å². The second-order valence-electron chi connectivity index (χ2n) is 6.85. The number of fused-ring (bicyclic) bond motifs is 1. The summed E-state index contributed by atoms with van der Waals surface area (Å²) in [6.07, 6.45) is 0.524. The van der Waals surface area contributed by atoms with Crippen LogP contribution in [0, 0.1) is 5.92 Å². The van der Waals surface area contributed by atoms with E-state index in [0.29, 0.717) is 22.8 Å². The summed E-state index contributed by atoms with van der Waals surface area (Å²) in [5.74, 6) is 0.787. The fraction of sp³-hybridized carbons (Fsp3) is 0.421. The molecule has 1 fully saturated rings. The predicted octanol–water partition coefficient (Wildman–Crippen LogP) is 2.85. The van der Waals surface area contributed by atoms with Crippen LogP contribution in [0.1, 0.15) is 29.9 Å². The fourth-order valence-electron chi connectivity index (χ4n) is 2.89. The van der Waals surface area contributed by atoms with Crippen molar-refractivity contribution in [1.82, 2.24) is 10.6 Å². The van der Waals surface area contributed by atoms with Crippen molar-refractivity contribution < 1.29 is 14.4 Å². The van der Waals surface area contributed by atoms with Crippen LogP contribution in [0.25, 0.3) is 10.1 Å². The first-order valence-electron chi connectivity index (χ1n) is 8.64. The second kappa shape index (κ2) is 8.22. The Kier molecular flexibility index (Phi) is 5.98. The Morgan fingerprint density at radius 3 is 2.69 bits per heavy atom. The highest BCUT2D eigenvalue weighted by Gasteiger charge is 2.30. The largest absolute Gasteiger partial charge is 0.344 e. The van der Waals surface area contributed by atoms with Gasteiger partial charge in [0.15, 0.2) is 5.78 Å². The molecule has 0 radical (unpaired) electrons. The van der Waals surface area contributed by atoms with Crippen molar-refractivity contribution in [2.24, 2.45) is 5.92 Å². The third-order valence-corrected chi connectivity index (χ3v) is 6.38. The summed E-state index contributed by atoms with van der Waals surface area (Å²) in [4.78, 5) is 37.7. The first kappa shape index (κ1) is 18.9. The summed E-state index contributed by atoms with van der Waals surface area (Å²) in [6, 6.07) is 8.56. The van der Waals surface area contributed by atoms with E-state index in [1.165, 1.54) is 23.1 Å². The van der Waals surface area contributed by atoms with Crippen molar-refractivity contribution in [3.63, 3.8) is 0 Å². The molecule has 2 aromatic rings. The Labute approximate surface area is 160 Å². The molecule has 2 amide bonds. The Balaban J connectivity index is 1.71. The van der Waals surface area contributed by atoms with E-state index in [1.807, 2.05) is 44.2 Å². The Hall–Kier alpha value is -1.86. The highest BCUT2D eigenvalue weighted by molar-refractivity contribution is 8.00. The lowest BCUT2D eigenvalue weighted by molar-refractivity contribution is -0.127. The first-order valence-corrected chi connectivity index (χ1v) is 10.6. The van der Waals surface area contributed by atoms with Crippen LogP contribution in [-0.4, -0.2) is 41.2 Å². The van der Waals surface area contributed by atoms with Crippen LogP contribution >= 0.6 is 23.1 Å². The van der Waals surface area contributed by atoms with Gasteiger partial charge < -0.3 is 10.6 Å². The summed E-state index contributed by atoms with van der Waals surface area (Å²) in [5, 5.41) is 6.67. The second-order valence-corrected chi connectivity index (χ2v) is 8.96. The van der Waals surface area contributed by atoms with E-state index in [2.05, 4.69) is 10.6 Å². The van der Waals surface area contributed by atoms with Crippen LogP contribution in [0.3, 0.4) is 0 Å². The summed E-state index contributed by atoms with van der Waals surface area (Å²) in [7, 11) is 0.